The van der Waals surface area contributed by atoms with Gasteiger partial charge in [-0.15, -0.1) is 12.4 Å². The number of carbonyl (C=O) groups is 2. The summed E-state index contributed by atoms with van der Waals surface area (Å²) in [7, 11) is -4.73. The second-order valence-electron chi connectivity index (χ2n) is 2.43. The van der Waals surface area contributed by atoms with E-state index >= 15 is 0 Å². The Morgan fingerprint density at radius 3 is 2.25 bits per heavy atom. The third-order valence-electron chi connectivity index (χ3n) is 1.46. The molecule has 0 aromatic carbocycles. The zero-order valence-electron chi connectivity index (χ0n) is 7.39. The second-order valence-corrected chi connectivity index (χ2v) is 3.82. The van der Waals surface area contributed by atoms with Crippen LogP contribution < -0.4 is 0 Å². The molecule has 0 saturated carbocycles. The van der Waals surface area contributed by atoms with E-state index in [1.165, 1.54) is 0 Å². The van der Waals surface area contributed by atoms with Crippen molar-refractivity contribution in [2.24, 2.45) is 5.11 Å². The van der Waals surface area contributed by atoms with Gasteiger partial charge < -0.3 is 0 Å². The van der Waals surface area contributed by atoms with Crippen molar-refractivity contribution in [3.8, 4) is 0 Å². The summed E-state index contributed by atoms with van der Waals surface area (Å²) in [4.78, 5) is 23.3. The van der Waals surface area contributed by atoms with E-state index in [4.69, 9.17) is 10.1 Å². The maximum atomic E-state index is 11.1. The minimum atomic E-state index is -4.73. The second kappa shape index (κ2) is 4.90. The molecule has 0 radical (unpaired) electrons. The predicted molar refractivity (Wildman–Crippen MR) is 54.1 cm³/mol. The molecule has 0 atom stereocenters. The number of hydrogen-bond donors (Lipinski definition) is 1. The molecule has 0 aliphatic heterocycles. The van der Waals surface area contributed by atoms with Gasteiger partial charge in [-0.2, -0.15) is 8.42 Å². The van der Waals surface area contributed by atoms with Gasteiger partial charge in [-0.05, 0) is 5.53 Å². The summed E-state index contributed by atoms with van der Waals surface area (Å²) in [6.45, 7) is 0. The van der Waals surface area contributed by atoms with Crippen LogP contribution in [0.1, 0.15) is 0 Å². The molecule has 0 unspecified atom stereocenters. The summed E-state index contributed by atoms with van der Waals surface area (Å²) >= 11 is 0. The molecule has 0 bridgehead atoms. The van der Waals surface area contributed by atoms with Crippen LogP contribution in [0.25, 0.3) is 10.4 Å². The van der Waals surface area contributed by atoms with Crippen LogP contribution in [0.3, 0.4) is 0 Å². The molecule has 1 aliphatic rings. The van der Waals surface area contributed by atoms with E-state index in [-0.39, 0.29) is 12.4 Å². The molecule has 0 fully saturated rings. The minimum Gasteiger partial charge on any atom is -0.289 e. The number of halogens is 1. The van der Waals surface area contributed by atoms with E-state index in [9.17, 15) is 18.0 Å². The minimum absolute atomic E-state index is 0. The standard InChI is InChI=1S/C6H3N3O5S.ClH/c7-9-8-3-1-5(11)6(2-4(3)10)15(12,13)14;/h1-2H,(H,12,13,14);1H. The molecule has 0 heterocycles. The maximum absolute atomic E-state index is 11.1. The number of carbonyl (C=O) groups excluding carboxylic acids is 2. The van der Waals surface area contributed by atoms with Crippen LogP contribution in [-0.4, -0.2) is 24.5 Å². The van der Waals surface area contributed by atoms with Crippen molar-refractivity contribution in [3.05, 3.63) is 33.2 Å². The zero-order valence-corrected chi connectivity index (χ0v) is 9.03. The molecule has 0 saturated heterocycles. The quantitative estimate of drug-likeness (QED) is 0.255. The molecule has 86 valence electrons. The Labute approximate surface area is 95.4 Å². The number of ketones is 2. The van der Waals surface area contributed by atoms with E-state index < -0.39 is 32.3 Å². The molecular weight excluding hydrogens is 262 g/mol. The van der Waals surface area contributed by atoms with E-state index in [0.29, 0.717) is 12.2 Å². The highest BCUT2D eigenvalue weighted by molar-refractivity contribution is 7.91. The van der Waals surface area contributed by atoms with Gasteiger partial charge in [0.2, 0.25) is 0 Å². The summed E-state index contributed by atoms with van der Waals surface area (Å²) in [5.74, 6) is -2.07. The van der Waals surface area contributed by atoms with Crippen LogP contribution in [-0.2, 0) is 19.7 Å². The van der Waals surface area contributed by atoms with Gasteiger partial charge in [0.25, 0.3) is 10.1 Å². The van der Waals surface area contributed by atoms with Crippen molar-refractivity contribution < 1.29 is 22.6 Å². The summed E-state index contributed by atoms with van der Waals surface area (Å²) in [6, 6.07) is 0. The van der Waals surface area contributed by atoms with Gasteiger partial charge in [0.05, 0.1) is 5.70 Å². The number of nitrogens with zero attached hydrogens (tertiary/aromatic N) is 3. The SMILES string of the molecule is Cl.[N-]=[N+]=NC1=CC(=O)C(S(=O)(=O)O)=CC1=O. The van der Waals surface area contributed by atoms with Crippen molar-refractivity contribution in [1.29, 1.82) is 0 Å². The van der Waals surface area contributed by atoms with Crippen molar-refractivity contribution in [3.63, 3.8) is 0 Å². The van der Waals surface area contributed by atoms with Crippen molar-refractivity contribution in [2.45, 2.75) is 0 Å². The largest absolute Gasteiger partial charge is 0.298 e. The molecule has 1 N–H and O–H groups in total. The van der Waals surface area contributed by atoms with E-state index in [1.807, 2.05) is 0 Å². The molecule has 0 amide bonds. The third-order valence-corrected chi connectivity index (χ3v) is 2.33. The molecule has 8 nitrogen and oxygen atoms in total. The summed E-state index contributed by atoms with van der Waals surface area (Å²) in [6.07, 6.45) is 0.951. The highest BCUT2D eigenvalue weighted by Gasteiger charge is 2.27. The van der Waals surface area contributed by atoms with E-state index in [1.54, 1.807) is 0 Å². The van der Waals surface area contributed by atoms with Crippen molar-refractivity contribution in [2.75, 3.05) is 0 Å². The first-order chi connectivity index (χ1) is 6.86. The van der Waals surface area contributed by atoms with Gasteiger partial charge in [-0.3, -0.25) is 14.1 Å². The zero-order chi connectivity index (χ0) is 11.6. The predicted octanol–water partition coefficient (Wildman–Crippen LogP) is 0.526. The highest BCUT2D eigenvalue weighted by atomic mass is 35.5. The molecule has 16 heavy (non-hydrogen) atoms. The summed E-state index contributed by atoms with van der Waals surface area (Å²) in [5.41, 5.74) is 7.50. The first kappa shape index (κ1) is 14.3. The Kier molecular flexibility index (Phi) is 4.39. The molecule has 1 rings (SSSR count). The van der Waals surface area contributed by atoms with Crippen LogP contribution in [0.2, 0.25) is 0 Å². The number of allylic oxidation sites excluding steroid dienone is 3. The summed E-state index contributed by atoms with van der Waals surface area (Å²) in [5, 5.41) is 2.88. The average Bonchev–Trinajstić information content (AvgIpc) is 2.09. The lowest BCUT2D eigenvalue weighted by molar-refractivity contribution is -0.114. The van der Waals surface area contributed by atoms with Gasteiger partial charge in [0.15, 0.2) is 11.6 Å². The topological polar surface area (TPSA) is 137 Å². The van der Waals surface area contributed by atoms with Gasteiger partial charge in [0, 0.05) is 17.1 Å². The Morgan fingerprint density at radius 1 is 1.25 bits per heavy atom. The summed E-state index contributed by atoms with van der Waals surface area (Å²) < 4.78 is 29.7. The maximum Gasteiger partial charge on any atom is 0.298 e. The Balaban J connectivity index is 0.00000225. The third kappa shape index (κ3) is 2.91. The number of rotatable bonds is 2. The monoisotopic (exact) mass is 265 g/mol. The molecule has 0 spiro atoms. The lowest BCUT2D eigenvalue weighted by Crippen LogP contribution is -2.18. The van der Waals surface area contributed by atoms with Crippen LogP contribution >= 0.6 is 12.4 Å². The molecule has 0 aromatic heterocycles. The van der Waals surface area contributed by atoms with Gasteiger partial charge in [-0.25, -0.2) is 0 Å². The fraction of sp³-hybridized carbons (Fsp3) is 0. The van der Waals surface area contributed by atoms with E-state index in [2.05, 4.69) is 10.0 Å². The normalized spacial score (nSPS) is 15.6. The van der Waals surface area contributed by atoms with Crippen molar-refractivity contribution >= 4 is 34.1 Å². The molecule has 10 heteroatoms. The van der Waals surface area contributed by atoms with Crippen LogP contribution in [0.4, 0.5) is 0 Å². The first-order valence-electron chi connectivity index (χ1n) is 3.41. The Morgan fingerprint density at radius 2 is 1.81 bits per heavy atom. The van der Waals surface area contributed by atoms with Gasteiger partial charge in [-0.1, -0.05) is 5.11 Å². The number of azide groups is 1. The molecular formula is C6H4ClN3O5S. The van der Waals surface area contributed by atoms with E-state index in [0.717, 1.165) is 0 Å². The van der Waals surface area contributed by atoms with Crippen LogP contribution in [0.15, 0.2) is 27.9 Å². The highest BCUT2D eigenvalue weighted by Crippen LogP contribution is 2.16. The number of hydrogen-bond acceptors (Lipinski definition) is 5. The van der Waals surface area contributed by atoms with Crippen molar-refractivity contribution in [1.82, 2.24) is 0 Å². The lowest BCUT2D eigenvalue weighted by Gasteiger charge is -2.05. The lowest BCUT2D eigenvalue weighted by atomic mass is 10.1. The smallest absolute Gasteiger partial charge is 0.289 e. The molecule has 0 aromatic rings. The van der Waals surface area contributed by atoms with Crippen LogP contribution in [0.5, 0.6) is 0 Å². The average molecular weight is 266 g/mol. The van der Waals surface area contributed by atoms with Crippen LogP contribution in [0, 0.1) is 0 Å². The fourth-order valence-electron chi connectivity index (χ4n) is 0.858. The fourth-order valence-corrected chi connectivity index (χ4v) is 1.43. The van der Waals surface area contributed by atoms with Gasteiger partial charge >= 0.3 is 0 Å². The van der Waals surface area contributed by atoms with Gasteiger partial charge in [0.1, 0.15) is 4.91 Å². The molecule has 1 aliphatic carbocycles. The Hall–Kier alpha value is -1.67. The Bertz CT molecular complexity index is 555. The first-order valence-corrected chi connectivity index (χ1v) is 4.85.